The Hall–Kier alpha value is -1.77. The molecular weight excluding hydrogens is 234 g/mol. The number of halogens is 2. The first-order valence-corrected chi connectivity index (χ1v) is 4.79. The highest BCUT2D eigenvalue weighted by molar-refractivity contribution is 5.40. The number of rotatable bonds is 5. The van der Waals surface area contributed by atoms with Crippen molar-refractivity contribution in [3.8, 4) is 0 Å². The van der Waals surface area contributed by atoms with E-state index < -0.39 is 12.5 Å². The van der Waals surface area contributed by atoms with E-state index in [1.165, 1.54) is 0 Å². The molecule has 4 N–H and O–H groups in total. The lowest BCUT2D eigenvalue weighted by Gasteiger charge is -2.13. The number of aliphatic hydroxyl groups excluding tert-OH is 1. The minimum Gasteiger partial charge on any atom is -0.385 e. The van der Waals surface area contributed by atoms with E-state index >= 15 is 0 Å². The minimum absolute atomic E-state index is 0.0299. The second-order valence-electron chi connectivity index (χ2n) is 3.49. The molecule has 0 saturated carbocycles. The van der Waals surface area contributed by atoms with Gasteiger partial charge in [-0.25, -0.2) is 8.78 Å². The van der Waals surface area contributed by atoms with Crippen molar-refractivity contribution in [2.24, 2.45) is 0 Å². The van der Waals surface area contributed by atoms with Crippen molar-refractivity contribution >= 4 is 17.8 Å². The van der Waals surface area contributed by atoms with Crippen molar-refractivity contribution in [3.63, 3.8) is 0 Å². The number of nitrogens with zero attached hydrogens (tertiary/aromatic N) is 4. The molecule has 0 amide bonds. The van der Waals surface area contributed by atoms with Gasteiger partial charge in [-0.2, -0.15) is 15.0 Å². The van der Waals surface area contributed by atoms with E-state index in [1.54, 1.807) is 19.0 Å². The van der Waals surface area contributed by atoms with E-state index in [2.05, 4.69) is 20.3 Å². The predicted octanol–water partition coefficient (Wildman–Crippen LogP) is -0.442. The van der Waals surface area contributed by atoms with Gasteiger partial charge < -0.3 is 21.1 Å². The fourth-order valence-electron chi connectivity index (χ4n) is 0.945. The number of aromatic nitrogens is 3. The van der Waals surface area contributed by atoms with Gasteiger partial charge in [0.05, 0.1) is 0 Å². The number of nitrogens with one attached hydrogen (secondary N) is 1. The lowest BCUT2D eigenvalue weighted by Crippen LogP contribution is -2.28. The largest absolute Gasteiger partial charge is 0.385 e. The molecule has 0 aliphatic carbocycles. The van der Waals surface area contributed by atoms with Crippen LogP contribution in [-0.2, 0) is 0 Å². The first-order chi connectivity index (χ1) is 7.90. The molecule has 0 radical (unpaired) electrons. The monoisotopic (exact) mass is 248 g/mol. The zero-order chi connectivity index (χ0) is 13.0. The molecule has 1 unspecified atom stereocenters. The van der Waals surface area contributed by atoms with Gasteiger partial charge >= 0.3 is 0 Å². The predicted molar refractivity (Wildman–Crippen MR) is 59.1 cm³/mol. The molecule has 0 aliphatic rings. The van der Waals surface area contributed by atoms with Crippen LogP contribution in [0.25, 0.3) is 0 Å². The Kier molecular flexibility index (Phi) is 4.32. The molecule has 9 heteroatoms. The number of anilines is 3. The number of aliphatic hydroxyl groups is 1. The molecule has 1 aromatic heterocycles. The third kappa shape index (κ3) is 3.94. The van der Waals surface area contributed by atoms with E-state index in [1.807, 2.05) is 0 Å². The molecule has 0 bridgehead atoms. The molecule has 0 fully saturated rings. The van der Waals surface area contributed by atoms with Crippen LogP contribution in [-0.4, -0.2) is 53.2 Å². The van der Waals surface area contributed by atoms with Gasteiger partial charge in [-0.3, -0.25) is 0 Å². The maximum absolute atomic E-state index is 12.0. The third-order valence-electron chi connectivity index (χ3n) is 1.80. The normalized spacial score (nSPS) is 12.6. The number of hydrogen-bond acceptors (Lipinski definition) is 7. The van der Waals surface area contributed by atoms with E-state index in [4.69, 9.17) is 10.8 Å². The van der Waals surface area contributed by atoms with Crippen molar-refractivity contribution in [1.82, 2.24) is 15.0 Å². The Morgan fingerprint density at radius 3 is 2.53 bits per heavy atom. The molecule has 7 nitrogen and oxygen atoms in total. The minimum atomic E-state index is -2.82. The summed E-state index contributed by atoms with van der Waals surface area (Å²) < 4.78 is 24.1. The second-order valence-corrected chi connectivity index (χ2v) is 3.49. The smallest absolute Gasteiger partial charge is 0.265 e. The van der Waals surface area contributed by atoms with Gasteiger partial charge in [-0.15, -0.1) is 0 Å². The third-order valence-corrected chi connectivity index (χ3v) is 1.80. The zero-order valence-corrected chi connectivity index (χ0v) is 9.43. The molecule has 0 saturated heterocycles. The number of nitrogens with two attached hydrogens (primary N) is 1. The molecule has 0 aromatic carbocycles. The number of nitrogen functional groups attached to an aromatic ring is 1. The fraction of sp³-hybridized carbons (Fsp3) is 0.625. The SMILES string of the molecule is CN(C)c1nc(N)nc(NCC(O)C(F)F)n1. The lowest BCUT2D eigenvalue weighted by atomic mass is 10.4. The molecule has 1 atom stereocenters. The zero-order valence-electron chi connectivity index (χ0n) is 9.43. The molecule has 1 rings (SSSR count). The standard InChI is InChI=1S/C8H14F2N6O/c1-16(2)8-14-6(11)13-7(15-8)12-3-4(17)5(9)10/h4-5,17H,3H2,1-2H3,(H3,11,12,13,14,15). The van der Waals surface area contributed by atoms with Gasteiger partial charge in [0.2, 0.25) is 17.8 Å². The van der Waals surface area contributed by atoms with E-state index in [0.29, 0.717) is 5.95 Å². The van der Waals surface area contributed by atoms with Crippen LogP contribution >= 0.6 is 0 Å². The quantitative estimate of drug-likeness (QED) is 0.649. The van der Waals surface area contributed by atoms with Gasteiger partial charge in [-0.1, -0.05) is 0 Å². The lowest BCUT2D eigenvalue weighted by molar-refractivity contribution is 0.00376. The summed E-state index contributed by atoms with van der Waals surface area (Å²) in [7, 11) is 3.40. The van der Waals surface area contributed by atoms with E-state index in [9.17, 15) is 8.78 Å². The van der Waals surface area contributed by atoms with Crippen LogP contribution in [0, 0.1) is 0 Å². The summed E-state index contributed by atoms with van der Waals surface area (Å²) in [5.74, 6) is 0.310. The first kappa shape index (κ1) is 13.3. The van der Waals surface area contributed by atoms with Crippen molar-refractivity contribution in [2.75, 3.05) is 36.6 Å². The Morgan fingerprint density at radius 1 is 1.35 bits per heavy atom. The van der Waals surface area contributed by atoms with Crippen LogP contribution in [0.5, 0.6) is 0 Å². The van der Waals surface area contributed by atoms with Crippen molar-refractivity contribution in [2.45, 2.75) is 12.5 Å². The van der Waals surface area contributed by atoms with Crippen LogP contribution in [0.15, 0.2) is 0 Å². The first-order valence-electron chi connectivity index (χ1n) is 4.79. The number of alkyl halides is 2. The molecule has 0 aliphatic heterocycles. The van der Waals surface area contributed by atoms with E-state index in [0.717, 1.165) is 0 Å². The van der Waals surface area contributed by atoms with Crippen molar-refractivity contribution < 1.29 is 13.9 Å². The van der Waals surface area contributed by atoms with Gasteiger partial charge in [-0.05, 0) is 0 Å². The van der Waals surface area contributed by atoms with Gasteiger partial charge in [0.1, 0.15) is 6.10 Å². The van der Waals surface area contributed by atoms with Crippen LogP contribution in [0.4, 0.5) is 26.6 Å². The highest BCUT2D eigenvalue weighted by Gasteiger charge is 2.17. The van der Waals surface area contributed by atoms with Crippen molar-refractivity contribution in [1.29, 1.82) is 0 Å². The van der Waals surface area contributed by atoms with Crippen molar-refractivity contribution in [3.05, 3.63) is 0 Å². The van der Waals surface area contributed by atoms with Gasteiger partial charge in [0.25, 0.3) is 6.43 Å². The molecule has 0 spiro atoms. The summed E-state index contributed by atoms with van der Waals surface area (Å²) in [4.78, 5) is 13.0. The van der Waals surface area contributed by atoms with Crippen LogP contribution in [0.2, 0.25) is 0 Å². The Bertz CT molecular complexity index is 375. The summed E-state index contributed by atoms with van der Waals surface area (Å²) >= 11 is 0. The second kappa shape index (κ2) is 5.53. The van der Waals surface area contributed by atoms with Gasteiger partial charge in [0.15, 0.2) is 0 Å². The topological polar surface area (TPSA) is 100 Å². The Morgan fingerprint density at radius 2 is 2.00 bits per heavy atom. The van der Waals surface area contributed by atoms with Gasteiger partial charge in [0, 0.05) is 20.6 Å². The fourth-order valence-corrected chi connectivity index (χ4v) is 0.945. The molecular formula is C8H14F2N6O. The average molecular weight is 248 g/mol. The molecule has 17 heavy (non-hydrogen) atoms. The van der Waals surface area contributed by atoms with Crippen LogP contribution in [0.3, 0.4) is 0 Å². The summed E-state index contributed by atoms with van der Waals surface area (Å²) in [5, 5.41) is 11.4. The maximum atomic E-state index is 12.0. The summed E-state index contributed by atoms with van der Waals surface area (Å²) in [5.41, 5.74) is 5.42. The average Bonchev–Trinajstić information content (AvgIpc) is 2.24. The Labute approximate surface area is 96.7 Å². The molecule has 1 heterocycles. The Balaban J connectivity index is 2.71. The van der Waals surface area contributed by atoms with Crippen LogP contribution in [0.1, 0.15) is 0 Å². The highest BCUT2D eigenvalue weighted by Crippen LogP contribution is 2.09. The molecule has 1 aromatic rings. The van der Waals surface area contributed by atoms with Crippen LogP contribution < -0.4 is 16.0 Å². The number of hydrogen-bond donors (Lipinski definition) is 3. The summed E-state index contributed by atoms with van der Waals surface area (Å²) in [6.45, 7) is -0.367. The molecule has 96 valence electrons. The summed E-state index contributed by atoms with van der Waals surface area (Å²) in [6.07, 6.45) is -4.61. The summed E-state index contributed by atoms with van der Waals surface area (Å²) in [6, 6.07) is 0. The highest BCUT2D eigenvalue weighted by atomic mass is 19.3. The maximum Gasteiger partial charge on any atom is 0.265 e. The van der Waals surface area contributed by atoms with E-state index in [-0.39, 0.29) is 18.4 Å².